The molecular formula is C16H16N4OS. The van der Waals surface area contributed by atoms with Crippen molar-refractivity contribution < 1.29 is 4.79 Å². The van der Waals surface area contributed by atoms with Crippen molar-refractivity contribution in [2.45, 2.75) is 20.0 Å². The third-order valence-electron chi connectivity index (χ3n) is 3.31. The van der Waals surface area contributed by atoms with Crippen molar-refractivity contribution in [3.63, 3.8) is 0 Å². The van der Waals surface area contributed by atoms with Gasteiger partial charge in [0.05, 0.1) is 0 Å². The molecule has 0 N–H and O–H groups in total. The number of amides is 1. The van der Waals surface area contributed by atoms with Crippen LogP contribution in [-0.4, -0.2) is 20.0 Å². The van der Waals surface area contributed by atoms with Crippen LogP contribution in [0.4, 0.5) is 0 Å². The first-order chi connectivity index (χ1) is 10.7. The number of aromatic nitrogens is 3. The van der Waals surface area contributed by atoms with E-state index >= 15 is 0 Å². The summed E-state index contributed by atoms with van der Waals surface area (Å²) in [6.45, 7) is 2.80. The molecule has 6 heteroatoms. The van der Waals surface area contributed by atoms with Crippen LogP contribution in [0.2, 0.25) is 0 Å². The van der Waals surface area contributed by atoms with Gasteiger partial charge in [0.15, 0.2) is 4.80 Å². The molecule has 0 aliphatic rings. The summed E-state index contributed by atoms with van der Waals surface area (Å²) >= 11 is 1.46. The summed E-state index contributed by atoms with van der Waals surface area (Å²) < 4.78 is 3.78. The van der Waals surface area contributed by atoms with Gasteiger partial charge in [-0.25, -0.2) is 4.98 Å². The Morgan fingerprint density at radius 2 is 2.05 bits per heavy atom. The Hall–Kier alpha value is -2.47. The number of aryl methyl sites for hydroxylation is 1. The van der Waals surface area contributed by atoms with Gasteiger partial charge in [0, 0.05) is 30.5 Å². The van der Waals surface area contributed by atoms with Crippen LogP contribution >= 0.6 is 11.3 Å². The molecule has 2 aromatic heterocycles. The summed E-state index contributed by atoms with van der Waals surface area (Å²) in [4.78, 5) is 21.2. The predicted octanol–water partition coefficient (Wildman–Crippen LogP) is 2.23. The monoisotopic (exact) mass is 312 g/mol. The van der Waals surface area contributed by atoms with Crippen molar-refractivity contribution >= 4 is 17.2 Å². The Labute approximate surface area is 132 Å². The molecule has 112 valence electrons. The van der Waals surface area contributed by atoms with Gasteiger partial charge in [0.2, 0.25) is 0 Å². The van der Waals surface area contributed by atoms with Crippen molar-refractivity contribution in [2.24, 2.45) is 4.99 Å². The SMILES string of the molecule is Cc1nccn1CC(=O)N=c1sccn1Cc1ccccc1. The van der Waals surface area contributed by atoms with Crippen LogP contribution in [0, 0.1) is 6.92 Å². The molecular weight excluding hydrogens is 296 g/mol. The normalized spacial score (nSPS) is 11.8. The van der Waals surface area contributed by atoms with E-state index in [0.717, 1.165) is 5.82 Å². The van der Waals surface area contributed by atoms with E-state index < -0.39 is 0 Å². The fourth-order valence-electron chi connectivity index (χ4n) is 2.15. The number of thiazole rings is 1. The van der Waals surface area contributed by atoms with E-state index in [1.165, 1.54) is 16.9 Å². The van der Waals surface area contributed by atoms with E-state index in [1.807, 2.05) is 41.3 Å². The topological polar surface area (TPSA) is 52.2 Å². The number of rotatable bonds is 4. The molecule has 5 nitrogen and oxygen atoms in total. The quantitative estimate of drug-likeness (QED) is 0.742. The first kappa shape index (κ1) is 14.5. The van der Waals surface area contributed by atoms with Gasteiger partial charge < -0.3 is 9.13 Å². The molecule has 0 spiro atoms. The van der Waals surface area contributed by atoms with Crippen LogP contribution in [0.1, 0.15) is 11.4 Å². The second kappa shape index (κ2) is 6.53. The van der Waals surface area contributed by atoms with Gasteiger partial charge >= 0.3 is 0 Å². The van der Waals surface area contributed by atoms with Crippen LogP contribution in [0.3, 0.4) is 0 Å². The summed E-state index contributed by atoms with van der Waals surface area (Å²) in [6.07, 6.45) is 5.42. The lowest BCUT2D eigenvalue weighted by atomic mass is 10.2. The molecule has 2 heterocycles. The Kier molecular flexibility index (Phi) is 4.29. The molecule has 0 atom stereocenters. The van der Waals surface area contributed by atoms with Gasteiger partial charge in [-0.3, -0.25) is 4.79 Å². The molecule has 0 aliphatic heterocycles. The zero-order valence-electron chi connectivity index (χ0n) is 12.2. The van der Waals surface area contributed by atoms with Crippen LogP contribution in [-0.2, 0) is 17.9 Å². The van der Waals surface area contributed by atoms with E-state index in [-0.39, 0.29) is 12.5 Å². The van der Waals surface area contributed by atoms with E-state index in [1.54, 1.807) is 17.0 Å². The lowest BCUT2D eigenvalue weighted by Crippen LogP contribution is -2.19. The third kappa shape index (κ3) is 3.40. The Morgan fingerprint density at radius 3 is 2.77 bits per heavy atom. The van der Waals surface area contributed by atoms with Crippen LogP contribution < -0.4 is 4.80 Å². The second-order valence-corrected chi connectivity index (χ2v) is 5.78. The molecule has 1 amide bonds. The zero-order chi connectivity index (χ0) is 15.4. The third-order valence-corrected chi connectivity index (χ3v) is 4.10. The second-order valence-electron chi connectivity index (χ2n) is 4.91. The molecule has 3 rings (SSSR count). The Morgan fingerprint density at radius 1 is 1.23 bits per heavy atom. The largest absolute Gasteiger partial charge is 0.326 e. The van der Waals surface area contributed by atoms with Crippen molar-refractivity contribution in [2.75, 3.05) is 0 Å². The molecule has 0 unspecified atom stereocenters. The molecule has 0 saturated heterocycles. The maximum absolute atomic E-state index is 12.1. The van der Waals surface area contributed by atoms with E-state index in [4.69, 9.17) is 0 Å². The molecule has 3 aromatic rings. The molecule has 0 fully saturated rings. The fraction of sp³-hybridized carbons (Fsp3) is 0.188. The van der Waals surface area contributed by atoms with Crippen molar-refractivity contribution in [1.29, 1.82) is 0 Å². The lowest BCUT2D eigenvalue weighted by Gasteiger charge is -2.03. The standard InChI is InChI=1S/C16H16N4OS/c1-13-17-7-8-19(13)12-15(21)18-16-20(9-10-22-16)11-14-5-3-2-4-6-14/h2-10H,11-12H2,1H3. The van der Waals surface area contributed by atoms with Gasteiger partial charge in [-0.2, -0.15) is 4.99 Å². The van der Waals surface area contributed by atoms with Gasteiger partial charge in [0.1, 0.15) is 12.4 Å². The Balaban J connectivity index is 1.79. The maximum atomic E-state index is 12.1. The Bertz CT molecular complexity index is 829. The zero-order valence-corrected chi connectivity index (χ0v) is 13.0. The number of carbonyl (C=O) groups excluding carboxylic acids is 1. The van der Waals surface area contributed by atoms with Gasteiger partial charge in [-0.05, 0) is 12.5 Å². The van der Waals surface area contributed by atoms with E-state index in [2.05, 4.69) is 22.1 Å². The predicted molar refractivity (Wildman–Crippen MR) is 85.4 cm³/mol. The maximum Gasteiger partial charge on any atom is 0.268 e. The molecule has 0 radical (unpaired) electrons. The smallest absolute Gasteiger partial charge is 0.268 e. The summed E-state index contributed by atoms with van der Waals surface area (Å²) in [6, 6.07) is 10.1. The number of hydrogen-bond donors (Lipinski definition) is 0. The van der Waals surface area contributed by atoms with E-state index in [9.17, 15) is 4.79 Å². The molecule has 22 heavy (non-hydrogen) atoms. The first-order valence-electron chi connectivity index (χ1n) is 6.95. The summed E-state index contributed by atoms with van der Waals surface area (Å²) in [7, 11) is 0. The van der Waals surface area contributed by atoms with Crippen molar-refractivity contribution in [3.05, 3.63) is 70.5 Å². The minimum Gasteiger partial charge on any atom is -0.326 e. The van der Waals surface area contributed by atoms with Crippen LogP contribution in [0.25, 0.3) is 0 Å². The highest BCUT2D eigenvalue weighted by Crippen LogP contribution is 2.02. The summed E-state index contributed by atoms with van der Waals surface area (Å²) in [5.74, 6) is 0.636. The van der Waals surface area contributed by atoms with Gasteiger partial charge in [-0.1, -0.05) is 30.3 Å². The lowest BCUT2D eigenvalue weighted by molar-refractivity contribution is -0.118. The highest BCUT2D eigenvalue weighted by molar-refractivity contribution is 7.07. The molecule has 0 saturated carbocycles. The molecule has 0 bridgehead atoms. The average molecular weight is 312 g/mol. The van der Waals surface area contributed by atoms with Gasteiger partial charge in [0.25, 0.3) is 5.91 Å². The van der Waals surface area contributed by atoms with Gasteiger partial charge in [-0.15, -0.1) is 11.3 Å². The number of nitrogens with zero attached hydrogens (tertiary/aromatic N) is 4. The molecule has 1 aromatic carbocycles. The van der Waals surface area contributed by atoms with Crippen LogP contribution in [0.5, 0.6) is 0 Å². The van der Waals surface area contributed by atoms with Crippen molar-refractivity contribution in [1.82, 2.24) is 14.1 Å². The number of hydrogen-bond acceptors (Lipinski definition) is 3. The van der Waals surface area contributed by atoms with Crippen LogP contribution in [0.15, 0.2) is 59.3 Å². The number of carbonyl (C=O) groups is 1. The minimum absolute atomic E-state index is 0.176. The van der Waals surface area contributed by atoms with Crippen molar-refractivity contribution in [3.8, 4) is 0 Å². The average Bonchev–Trinajstić information content (AvgIpc) is 3.10. The first-order valence-corrected chi connectivity index (χ1v) is 7.83. The summed E-state index contributed by atoms with van der Waals surface area (Å²) in [5.41, 5.74) is 1.18. The summed E-state index contributed by atoms with van der Waals surface area (Å²) in [5, 5.41) is 1.94. The number of benzene rings is 1. The minimum atomic E-state index is -0.176. The fourth-order valence-corrected chi connectivity index (χ4v) is 2.89. The molecule has 0 aliphatic carbocycles. The van der Waals surface area contributed by atoms with E-state index in [0.29, 0.717) is 11.3 Å². The highest BCUT2D eigenvalue weighted by atomic mass is 32.1. The highest BCUT2D eigenvalue weighted by Gasteiger charge is 2.05. The number of imidazole rings is 1.